The van der Waals surface area contributed by atoms with Crippen molar-refractivity contribution in [1.29, 1.82) is 0 Å². The maximum Gasteiger partial charge on any atom is 0.129 e. The van der Waals surface area contributed by atoms with Crippen LogP contribution in [-0.2, 0) is 11.8 Å². The lowest BCUT2D eigenvalue weighted by Crippen LogP contribution is -2.16. The van der Waals surface area contributed by atoms with Crippen LogP contribution in [0.2, 0.25) is 0 Å². The van der Waals surface area contributed by atoms with E-state index in [1.807, 2.05) is 6.07 Å². The Bertz CT molecular complexity index is 594. The van der Waals surface area contributed by atoms with Crippen molar-refractivity contribution in [3.05, 3.63) is 69.4 Å². The summed E-state index contributed by atoms with van der Waals surface area (Å²) in [5.74, 6) is -0.261. The second-order valence-electron chi connectivity index (χ2n) is 6.39. The first-order chi connectivity index (χ1) is 9.79. The van der Waals surface area contributed by atoms with Crippen molar-refractivity contribution < 1.29 is 4.39 Å². The molecule has 2 aromatic rings. The van der Waals surface area contributed by atoms with Gasteiger partial charge in [0.25, 0.3) is 0 Å². The topological polar surface area (TPSA) is 26.0 Å². The molecule has 0 radical (unpaired) electrons. The van der Waals surface area contributed by atoms with Gasteiger partial charge in [0.2, 0.25) is 0 Å². The lowest BCUT2D eigenvalue weighted by molar-refractivity contribution is 0.577. The number of halogens is 2. The molecule has 0 aromatic heterocycles. The van der Waals surface area contributed by atoms with E-state index in [2.05, 4.69) is 61.0 Å². The van der Waals surface area contributed by atoms with Crippen molar-refractivity contribution in [2.24, 2.45) is 5.73 Å². The van der Waals surface area contributed by atoms with Crippen molar-refractivity contribution in [2.75, 3.05) is 0 Å². The van der Waals surface area contributed by atoms with E-state index in [1.54, 1.807) is 6.07 Å². The SMILES string of the molecule is CC(C)(C)c1ccc(CC(N)c2c(F)cccc2Br)cc1. The summed E-state index contributed by atoms with van der Waals surface area (Å²) in [6.07, 6.45) is 0.615. The van der Waals surface area contributed by atoms with E-state index in [4.69, 9.17) is 5.73 Å². The van der Waals surface area contributed by atoms with Gasteiger partial charge in [-0.15, -0.1) is 0 Å². The third-order valence-electron chi connectivity index (χ3n) is 3.65. The number of nitrogens with two attached hydrogens (primary N) is 1. The molecule has 0 fully saturated rings. The molecule has 0 saturated heterocycles. The molecule has 0 aliphatic carbocycles. The van der Waals surface area contributed by atoms with E-state index in [9.17, 15) is 4.39 Å². The Morgan fingerprint density at radius 3 is 2.24 bits per heavy atom. The van der Waals surface area contributed by atoms with Crippen LogP contribution < -0.4 is 5.73 Å². The number of hydrogen-bond donors (Lipinski definition) is 1. The standard InChI is InChI=1S/C18H21BrFN/c1-18(2,3)13-9-7-12(8-10-13)11-16(21)17-14(19)5-4-6-15(17)20/h4-10,16H,11,21H2,1-3H3. The van der Waals surface area contributed by atoms with Gasteiger partial charge in [0.15, 0.2) is 0 Å². The monoisotopic (exact) mass is 349 g/mol. The Labute approximate surface area is 134 Å². The summed E-state index contributed by atoms with van der Waals surface area (Å²) in [6.45, 7) is 6.55. The maximum atomic E-state index is 13.9. The van der Waals surface area contributed by atoms with Crippen LogP contribution in [0.5, 0.6) is 0 Å². The molecule has 0 saturated carbocycles. The van der Waals surface area contributed by atoms with Gasteiger partial charge in [-0.05, 0) is 35.1 Å². The smallest absolute Gasteiger partial charge is 0.129 e. The highest BCUT2D eigenvalue weighted by molar-refractivity contribution is 9.10. The molecule has 0 spiro atoms. The van der Waals surface area contributed by atoms with Crippen LogP contribution in [0.1, 0.15) is 43.5 Å². The molecule has 2 rings (SSSR count). The molecule has 0 aliphatic heterocycles. The first-order valence-corrected chi connectivity index (χ1v) is 7.87. The second kappa shape index (κ2) is 6.29. The lowest BCUT2D eigenvalue weighted by Gasteiger charge is -2.20. The van der Waals surface area contributed by atoms with Crippen molar-refractivity contribution in [1.82, 2.24) is 0 Å². The van der Waals surface area contributed by atoms with Gasteiger partial charge in [0.05, 0.1) is 0 Å². The summed E-state index contributed by atoms with van der Waals surface area (Å²) in [6, 6.07) is 13.0. The fraction of sp³-hybridized carbons (Fsp3) is 0.333. The van der Waals surface area contributed by atoms with E-state index in [0.717, 1.165) is 10.0 Å². The van der Waals surface area contributed by atoms with Crippen molar-refractivity contribution in [3.63, 3.8) is 0 Å². The molecule has 0 bridgehead atoms. The van der Waals surface area contributed by atoms with Gasteiger partial charge >= 0.3 is 0 Å². The molecule has 0 amide bonds. The molecule has 2 N–H and O–H groups in total. The minimum absolute atomic E-state index is 0.134. The van der Waals surface area contributed by atoms with Crippen molar-refractivity contribution in [3.8, 4) is 0 Å². The quantitative estimate of drug-likeness (QED) is 0.816. The van der Waals surface area contributed by atoms with Crippen LogP contribution in [0, 0.1) is 5.82 Å². The largest absolute Gasteiger partial charge is 0.324 e. The first-order valence-electron chi connectivity index (χ1n) is 7.08. The number of rotatable bonds is 3. The van der Waals surface area contributed by atoms with Crippen LogP contribution >= 0.6 is 15.9 Å². The molecule has 0 heterocycles. The summed E-state index contributed by atoms with van der Waals surface area (Å²) >= 11 is 3.38. The molecule has 112 valence electrons. The van der Waals surface area contributed by atoms with E-state index < -0.39 is 0 Å². The van der Waals surface area contributed by atoms with E-state index in [-0.39, 0.29) is 17.3 Å². The second-order valence-corrected chi connectivity index (χ2v) is 7.25. The fourth-order valence-electron chi connectivity index (χ4n) is 2.36. The normalized spacial score (nSPS) is 13.2. The van der Waals surface area contributed by atoms with E-state index in [0.29, 0.717) is 12.0 Å². The molecule has 1 nitrogen and oxygen atoms in total. The van der Waals surface area contributed by atoms with Gasteiger partial charge in [-0.3, -0.25) is 0 Å². The molecule has 2 aromatic carbocycles. The summed E-state index contributed by atoms with van der Waals surface area (Å²) in [7, 11) is 0. The van der Waals surface area contributed by atoms with Crippen LogP contribution in [0.15, 0.2) is 46.9 Å². The third kappa shape index (κ3) is 3.92. The zero-order valence-corrected chi connectivity index (χ0v) is 14.2. The molecule has 21 heavy (non-hydrogen) atoms. The molecular weight excluding hydrogens is 329 g/mol. The van der Waals surface area contributed by atoms with E-state index in [1.165, 1.54) is 11.6 Å². The van der Waals surface area contributed by atoms with Gasteiger partial charge in [0, 0.05) is 16.1 Å². The highest BCUT2D eigenvalue weighted by Crippen LogP contribution is 2.28. The molecule has 1 unspecified atom stereocenters. The first kappa shape index (κ1) is 16.2. The average Bonchev–Trinajstić information content (AvgIpc) is 2.38. The molecule has 3 heteroatoms. The minimum atomic E-state index is -0.360. The Hall–Kier alpha value is -1.19. The lowest BCUT2D eigenvalue weighted by atomic mass is 9.86. The number of benzene rings is 2. The number of hydrogen-bond acceptors (Lipinski definition) is 1. The average molecular weight is 350 g/mol. The van der Waals surface area contributed by atoms with Crippen LogP contribution in [0.25, 0.3) is 0 Å². The minimum Gasteiger partial charge on any atom is -0.324 e. The Kier molecular flexibility index (Phi) is 4.84. The van der Waals surface area contributed by atoms with Gasteiger partial charge in [-0.2, -0.15) is 0 Å². The summed E-state index contributed by atoms with van der Waals surface area (Å²) in [5, 5.41) is 0. The summed E-state index contributed by atoms with van der Waals surface area (Å²) < 4.78 is 14.6. The summed E-state index contributed by atoms with van der Waals surface area (Å²) in [4.78, 5) is 0. The van der Waals surface area contributed by atoms with Gasteiger partial charge < -0.3 is 5.73 Å². The van der Waals surface area contributed by atoms with Crippen LogP contribution in [-0.4, -0.2) is 0 Å². The predicted molar refractivity (Wildman–Crippen MR) is 89.9 cm³/mol. The maximum absolute atomic E-state index is 13.9. The zero-order chi connectivity index (χ0) is 15.6. The summed E-state index contributed by atoms with van der Waals surface area (Å²) in [5.41, 5.74) is 9.26. The predicted octanol–water partition coefficient (Wildman–Crippen LogP) is 5.13. The Morgan fingerprint density at radius 2 is 1.71 bits per heavy atom. The molecule has 0 aliphatic rings. The Balaban J connectivity index is 2.18. The van der Waals surface area contributed by atoms with Gasteiger partial charge in [-0.1, -0.05) is 67.0 Å². The van der Waals surface area contributed by atoms with Gasteiger partial charge in [-0.25, -0.2) is 4.39 Å². The molecular formula is C18H21BrFN. The molecule has 1 atom stereocenters. The van der Waals surface area contributed by atoms with Crippen molar-refractivity contribution >= 4 is 15.9 Å². The van der Waals surface area contributed by atoms with Crippen LogP contribution in [0.4, 0.5) is 4.39 Å². The van der Waals surface area contributed by atoms with E-state index >= 15 is 0 Å². The zero-order valence-electron chi connectivity index (χ0n) is 12.7. The van der Waals surface area contributed by atoms with Crippen LogP contribution in [0.3, 0.4) is 0 Å². The highest BCUT2D eigenvalue weighted by atomic mass is 79.9. The van der Waals surface area contributed by atoms with Crippen molar-refractivity contribution in [2.45, 2.75) is 38.6 Å². The van der Waals surface area contributed by atoms with Gasteiger partial charge in [0.1, 0.15) is 5.82 Å². The Morgan fingerprint density at radius 1 is 1.10 bits per heavy atom. The highest BCUT2D eigenvalue weighted by Gasteiger charge is 2.17. The third-order valence-corrected chi connectivity index (χ3v) is 4.34. The fourth-order valence-corrected chi connectivity index (χ4v) is 3.00.